The summed E-state index contributed by atoms with van der Waals surface area (Å²) in [5, 5.41) is 14.3. The first-order valence-corrected chi connectivity index (χ1v) is 11.1. The van der Waals surface area contributed by atoms with Crippen LogP contribution < -0.4 is 5.32 Å². The summed E-state index contributed by atoms with van der Waals surface area (Å²) in [7, 11) is 1.32. The first kappa shape index (κ1) is 24.1. The molecule has 0 radical (unpaired) electrons. The summed E-state index contributed by atoms with van der Waals surface area (Å²) in [6.45, 7) is 2.38. The minimum Gasteiger partial charge on any atom is -0.469 e. The molecule has 30 heavy (non-hydrogen) atoms. The standard InChI is InChI=1S/C24H30BrNO4/c1-3-4-5-6-16-24(29,20-11-13-21(25)14-12-20)19-9-7-18(8-10-19)23(28)26-17-15-22(27)30-2/h7-14,29H,3-6,15-17H2,1-2H3,(H,26,28). The summed E-state index contributed by atoms with van der Waals surface area (Å²) in [6, 6.07) is 14.7. The third-order valence-electron chi connectivity index (χ3n) is 5.18. The molecule has 0 aromatic heterocycles. The minimum absolute atomic E-state index is 0.126. The number of amides is 1. The monoisotopic (exact) mass is 475 g/mol. The van der Waals surface area contributed by atoms with Gasteiger partial charge in [-0.3, -0.25) is 9.59 Å². The highest BCUT2D eigenvalue weighted by Crippen LogP contribution is 2.35. The van der Waals surface area contributed by atoms with Gasteiger partial charge in [0.05, 0.1) is 13.5 Å². The van der Waals surface area contributed by atoms with Crippen LogP contribution in [0.4, 0.5) is 0 Å². The lowest BCUT2D eigenvalue weighted by atomic mass is 9.81. The van der Waals surface area contributed by atoms with Crippen molar-refractivity contribution < 1.29 is 19.4 Å². The molecule has 0 saturated heterocycles. The average molecular weight is 476 g/mol. The van der Waals surface area contributed by atoms with Crippen molar-refractivity contribution in [2.45, 2.75) is 51.0 Å². The molecule has 0 bridgehead atoms. The number of halogens is 1. The number of methoxy groups -OCH3 is 1. The Morgan fingerprint density at radius 2 is 1.60 bits per heavy atom. The largest absolute Gasteiger partial charge is 0.469 e. The fourth-order valence-electron chi connectivity index (χ4n) is 3.37. The van der Waals surface area contributed by atoms with E-state index >= 15 is 0 Å². The van der Waals surface area contributed by atoms with Crippen LogP contribution in [0.3, 0.4) is 0 Å². The third-order valence-corrected chi connectivity index (χ3v) is 5.71. The molecule has 0 aliphatic rings. The molecule has 2 aromatic rings. The van der Waals surface area contributed by atoms with Crippen molar-refractivity contribution >= 4 is 27.8 Å². The van der Waals surface area contributed by atoms with E-state index in [0.29, 0.717) is 12.0 Å². The van der Waals surface area contributed by atoms with Gasteiger partial charge in [-0.05, 0) is 48.2 Å². The van der Waals surface area contributed by atoms with Gasteiger partial charge in [0.2, 0.25) is 0 Å². The molecule has 0 aliphatic heterocycles. The number of aliphatic hydroxyl groups is 1. The van der Waals surface area contributed by atoms with Gasteiger partial charge in [-0.25, -0.2) is 0 Å². The fourth-order valence-corrected chi connectivity index (χ4v) is 3.63. The highest BCUT2D eigenvalue weighted by molar-refractivity contribution is 9.10. The molecule has 0 aliphatic carbocycles. The number of nitrogens with one attached hydrogen (secondary N) is 1. The maximum atomic E-state index is 12.3. The lowest BCUT2D eigenvalue weighted by molar-refractivity contribution is -0.140. The van der Waals surface area contributed by atoms with Gasteiger partial charge in [-0.1, -0.05) is 66.4 Å². The molecule has 1 unspecified atom stereocenters. The Morgan fingerprint density at radius 3 is 2.17 bits per heavy atom. The summed E-state index contributed by atoms with van der Waals surface area (Å²) in [5.41, 5.74) is 0.951. The molecule has 2 rings (SSSR count). The number of rotatable bonds is 11. The lowest BCUT2D eigenvalue weighted by Crippen LogP contribution is -2.28. The van der Waals surface area contributed by atoms with Crippen LogP contribution in [0.15, 0.2) is 53.0 Å². The molecule has 0 heterocycles. The topological polar surface area (TPSA) is 75.6 Å². The van der Waals surface area contributed by atoms with Crippen LogP contribution in [-0.4, -0.2) is 30.6 Å². The van der Waals surface area contributed by atoms with Crippen LogP contribution in [0.2, 0.25) is 0 Å². The van der Waals surface area contributed by atoms with Gasteiger partial charge < -0.3 is 15.2 Å². The summed E-state index contributed by atoms with van der Waals surface area (Å²) in [4.78, 5) is 23.5. The number of carbonyl (C=O) groups is 2. The highest BCUT2D eigenvalue weighted by Gasteiger charge is 2.31. The molecule has 5 nitrogen and oxygen atoms in total. The number of unbranched alkanes of at least 4 members (excludes halogenated alkanes) is 3. The Labute approximate surface area is 187 Å². The van der Waals surface area contributed by atoms with E-state index in [9.17, 15) is 14.7 Å². The van der Waals surface area contributed by atoms with Crippen molar-refractivity contribution in [2.24, 2.45) is 0 Å². The highest BCUT2D eigenvalue weighted by atomic mass is 79.9. The van der Waals surface area contributed by atoms with Crippen LogP contribution in [0.5, 0.6) is 0 Å². The molecular formula is C24H30BrNO4. The number of ether oxygens (including phenoxy) is 1. The van der Waals surface area contributed by atoms with E-state index in [1.54, 1.807) is 24.3 Å². The Hall–Kier alpha value is -2.18. The van der Waals surface area contributed by atoms with E-state index in [4.69, 9.17) is 0 Å². The Bertz CT molecular complexity index is 820. The van der Waals surface area contributed by atoms with E-state index in [-0.39, 0.29) is 24.8 Å². The van der Waals surface area contributed by atoms with Crippen LogP contribution in [0.1, 0.15) is 66.9 Å². The van der Waals surface area contributed by atoms with Gasteiger partial charge >= 0.3 is 5.97 Å². The zero-order chi connectivity index (χ0) is 22.0. The Kier molecular flexibility index (Phi) is 9.53. The van der Waals surface area contributed by atoms with Crippen molar-refractivity contribution in [3.05, 3.63) is 69.7 Å². The molecule has 0 spiro atoms. The second kappa shape index (κ2) is 11.9. The predicted molar refractivity (Wildman–Crippen MR) is 121 cm³/mol. The summed E-state index contributed by atoms with van der Waals surface area (Å²) in [6.07, 6.45) is 4.99. The Balaban J connectivity index is 2.16. The predicted octanol–water partition coefficient (Wildman–Crippen LogP) is 4.95. The summed E-state index contributed by atoms with van der Waals surface area (Å²) >= 11 is 3.45. The molecule has 1 atom stereocenters. The van der Waals surface area contributed by atoms with Gasteiger partial charge in [-0.2, -0.15) is 0 Å². The number of esters is 1. The SMILES string of the molecule is CCCCCCC(O)(c1ccc(Br)cc1)c1ccc(C(=O)NCCC(=O)OC)cc1. The van der Waals surface area contributed by atoms with Crippen LogP contribution >= 0.6 is 15.9 Å². The number of hydrogen-bond acceptors (Lipinski definition) is 4. The normalized spacial score (nSPS) is 12.8. The van der Waals surface area contributed by atoms with Crippen LogP contribution in [-0.2, 0) is 15.1 Å². The maximum absolute atomic E-state index is 12.3. The molecule has 0 fully saturated rings. The molecule has 1 amide bonds. The molecule has 2 N–H and O–H groups in total. The molecule has 162 valence electrons. The second-order valence-corrected chi connectivity index (χ2v) is 8.25. The first-order chi connectivity index (χ1) is 14.4. The van der Waals surface area contributed by atoms with E-state index in [1.165, 1.54) is 7.11 Å². The number of hydrogen-bond donors (Lipinski definition) is 2. The van der Waals surface area contributed by atoms with Crippen molar-refractivity contribution in [3.63, 3.8) is 0 Å². The zero-order valence-electron chi connectivity index (χ0n) is 17.6. The van der Waals surface area contributed by atoms with Crippen molar-refractivity contribution in [2.75, 3.05) is 13.7 Å². The molecule has 6 heteroatoms. The third kappa shape index (κ3) is 6.67. The average Bonchev–Trinajstić information content (AvgIpc) is 2.77. The molecular weight excluding hydrogens is 446 g/mol. The van der Waals surface area contributed by atoms with Crippen LogP contribution in [0.25, 0.3) is 0 Å². The number of benzene rings is 2. The van der Waals surface area contributed by atoms with Crippen molar-refractivity contribution in [3.8, 4) is 0 Å². The zero-order valence-corrected chi connectivity index (χ0v) is 19.2. The van der Waals surface area contributed by atoms with E-state index in [1.807, 2.05) is 24.3 Å². The first-order valence-electron chi connectivity index (χ1n) is 10.3. The summed E-state index contributed by atoms with van der Waals surface area (Å²) < 4.78 is 5.52. The van der Waals surface area contributed by atoms with E-state index in [0.717, 1.165) is 41.3 Å². The summed E-state index contributed by atoms with van der Waals surface area (Å²) in [5.74, 6) is -0.631. The quantitative estimate of drug-likeness (QED) is 0.356. The Morgan fingerprint density at radius 1 is 1.00 bits per heavy atom. The smallest absolute Gasteiger partial charge is 0.307 e. The number of carbonyl (C=O) groups excluding carboxylic acids is 2. The van der Waals surface area contributed by atoms with Crippen molar-refractivity contribution in [1.29, 1.82) is 0 Å². The van der Waals surface area contributed by atoms with E-state index in [2.05, 4.69) is 32.9 Å². The minimum atomic E-state index is -1.12. The van der Waals surface area contributed by atoms with Gasteiger partial charge in [0, 0.05) is 16.6 Å². The van der Waals surface area contributed by atoms with Crippen LogP contribution in [0, 0.1) is 0 Å². The van der Waals surface area contributed by atoms with Gasteiger partial charge in [0.25, 0.3) is 5.91 Å². The van der Waals surface area contributed by atoms with Gasteiger partial charge in [-0.15, -0.1) is 0 Å². The maximum Gasteiger partial charge on any atom is 0.307 e. The molecule has 0 saturated carbocycles. The lowest BCUT2D eigenvalue weighted by Gasteiger charge is -2.30. The fraction of sp³-hybridized carbons (Fsp3) is 0.417. The van der Waals surface area contributed by atoms with E-state index < -0.39 is 5.60 Å². The van der Waals surface area contributed by atoms with Gasteiger partial charge in [0.15, 0.2) is 0 Å². The molecule has 2 aromatic carbocycles. The van der Waals surface area contributed by atoms with Gasteiger partial charge in [0.1, 0.15) is 5.60 Å². The second-order valence-electron chi connectivity index (χ2n) is 7.34. The van der Waals surface area contributed by atoms with Crippen molar-refractivity contribution in [1.82, 2.24) is 5.32 Å².